The van der Waals surface area contributed by atoms with Gasteiger partial charge in [-0.25, -0.2) is 9.97 Å². The van der Waals surface area contributed by atoms with E-state index in [1.165, 1.54) is 0 Å². The van der Waals surface area contributed by atoms with Crippen molar-refractivity contribution in [2.45, 2.75) is 38.0 Å². The molecule has 2 unspecified atom stereocenters. The molecule has 7 nitrogen and oxygen atoms in total. The summed E-state index contributed by atoms with van der Waals surface area (Å²) in [6, 6.07) is 10.5. The number of imidazole rings is 1. The van der Waals surface area contributed by atoms with E-state index in [1.807, 2.05) is 45.8 Å². The number of terminal acetylenes is 1. The number of hydrogen-bond acceptors (Lipinski definition) is 5. The smallest absolute Gasteiger partial charge is 0.225 e. The number of nitrogens with zero attached hydrogens (tertiary/aromatic N) is 5. The summed E-state index contributed by atoms with van der Waals surface area (Å²) in [5.74, 6) is 3.72. The number of likely N-dealkylation sites (tertiary alicyclic amines) is 1. The summed E-state index contributed by atoms with van der Waals surface area (Å²) in [6.45, 7) is 2.35. The molecule has 2 aliphatic rings. The molecule has 5 rings (SSSR count). The average molecular weight is 415 g/mol. The first-order chi connectivity index (χ1) is 15.2. The Morgan fingerprint density at radius 2 is 2.00 bits per heavy atom. The predicted octanol–water partition coefficient (Wildman–Crippen LogP) is 2.50. The molecule has 7 heteroatoms. The maximum absolute atomic E-state index is 12.8. The molecular formula is C24H25N5O2. The van der Waals surface area contributed by atoms with Gasteiger partial charge in [0.15, 0.2) is 0 Å². The molecule has 2 aliphatic heterocycles. The quantitative estimate of drug-likeness (QED) is 0.457. The number of carbonyl (C=O) groups excluding carboxylic acids is 1. The molecule has 0 spiro atoms. The Labute approximate surface area is 181 Å². The van der Waals surface area contributed by atoms with Gasteiger partial charge in [-0.05, 0) is 37.1 Å². The fourth-order valence-corrected chi connectivity index (χ4v) is 4.72. The van der Waals surface area contributed by atoms with Gasteiger partial charge in [0.1, 0.15) is 11.5 Å². The first kappa shape index (κ1) is 19.6. The van der Waals surface area contributed by atoms with E-state index >= 15 is 0 Å². The van der Waals surface area contributed by atoms with Crippen LogP contribution in [0.4, 0.5) is 5.82 Å². The highest BCUT2D eigenvalue weighted by Gasteiger charge is 2.41. The molecule has 0 aromatic carbocycles. The molecule has 2 saturated heterocycles. The third-order valence-corrected chi connectivity index (χ3v) is 6.24. The number of fused-ring (bicyclic) bond motifs is 3. The fraction of sp³-hybridized carbons (Fsp3) is 0.375. The summed E-state index contributed by atoms with van der Waals surface area (Å²) in [4.78, 5) is 26.0. The SMILES string of the molecule is C#Cc1ccc(N2C3CCC2CN(C(=O)CCOCc2cccc4nccn24)C3)nc1. The number of amides is 1. The van der Waals surface area contributed by atoms with E-state index in [9.17, 15) is 4.79 Å². The molecule has 0 aliphatic carbocycles. The Morgan fingerprint density at radius 1 is 1.16 bits per heavy atom. The Hall–Kier alpha value is -3.37. The zero-order valence-corrected chi connectivity index (χ0v) is 17.4. The van der Waals surface area contributed by atoms with E-state index < -0.39 is 0 Å². The number of ether oxygens (including phenoxy) is 1. The van der Waals surface area contributed by atoms with E-state index in [2.05, 4.69) is 20.8 Å². The van der Waals surface area contributed by atoms with Gasteiger partial charge in [-0.15, -0.1) is 6.42 Å². The van der Waals surface area contributed by atoms with E-state index in [0.29, 0.717) is 31.7 Å². The maximum Gasteiger partial charge on any atom is 0.225 e. The standard InChI is InChI=1S/C24H25N5O2/c1-2-18-6-9-23(26-14-18)29-19-7-8-20(29)16-27(15-19)24(30)10-13-31-17-21-4-3-5-22-25-11-12-28(21)22/h1,3-6,9,11-12,14,19-20H,7-8,10,13,15-17H2. The largest absolute Gasteiger partial charge is 0.375 e. The highest BCUT2D eigenvalue weighted by Crippen LogP contribution is 2.34. The highest BCUT2D eigenvalue weighted by molar-refractivity contribution is 5.77. The first-order valence-corrected chi connectivity index (χ1v) is 10.7. The highest BCUT2D eigenvalue weighted by atomic mass is 16.5. The van der Waals surface area contributed by atoms with Crippen LogP contribution in [-0.4, -0.2) is 57.0 Å². The molecule has 5 heterocycles. The van der Waals surface area contributed by atoms with Crippen molar-refractivity contribution in [2.75, 3.05) is 24.6 Å². The Kier molecular flexibility index (Phi) is 5.31. The summed E-state index contributed by atoms with van der Waals surface area (Å²) < 4.78 is 7.81. The second-order valence-corrected chi connectivity index (χ2v) is 8.12. The summed E-state index contributed by atoms with van der Waals surface area (Å²) in [7, 11) is 0. The summed E-state index contributed by atoms with van der Waals surface area (Å²) >= 11 is 0. The van der Waals surface area contributed by atoms with Crippen LogP contribution in [0.5, 0.6) is 0 Å². The summed E-state index contributed by atoms with van der Waals surface area (Å²) in [6.07, 6.45) is 13.4. The van der Waals surface area contributed by atoms with Crippen LogP contribution in [-0.2, 0) is 16.1 Å². The lowest BCUT2D eigenvalue weighted by molar-refractivity contribution is -0.133. The number of rotatable bonds is 6. The second kappa shape index (κ2) is 8.40. The number of hydrogen-bond donors (Lipinski definition) is 0. The van der Waals surface area contributed by atoms with Gasteiger partial charge in [-0.2, -0.15) is 0 Å². The minimum Gasteiger partial charge on any atom is -0.375 e. The first-order valence-electron chi connectivity index (χ1n) is 10.7. The molecular weight excluding hydrogens is 390 g/mol. The third-order valence-electron chi connectivity index (χ3n) is 6.24. The molecule has 1 amide bonds. The van der Waals surface area contributed by atoms with E-state index in [0.717, 1.165) is 48.7 Å². The van der Waals surface area contributed by atoms with E-state index in [-0.39, 0.29) is 5.91 Å². The molecule has 0 radical (unpaired) electrons. The Morgan fingerprint density at radius 3 is 2.74 bits per heavy atom. The van der Waals surface area contributed by atoms with Crippen LogP contribution in [0.25, 0.3) is 5.65 Å². The molecule has 2 fully saturated rings. The molecule has 2 bridgehead atoms. The van der Waals surface area contributed by atoms with Crippen LogP contribution < -0.4 is 4.90 Å². The van der Waals surface area contributed by atoms with Crippen LogP contribution in [0.15, 0.2) is 48.9 Å². The summed E-state index contributed by atoms with van der Waals surface area (Å²) in [5, 5.41) is 0. The maximum atomic E-state index is 12.8. The minimum absolute atomic E-state index is 0.160. The lowest BCUT2D eigenvalue weighted by Crippen LogP contribution is -2.55. The van der Waals surface area contributed by atoms with Crippen molar-refractivity contribution in [3.05, 3.63) is 60.2 Å². The van der Waals surface area contributed by atoms with Crippen LogP contribution in [0, 0.1) is 12.3 Å². The molecule has 3 aromatic rings. The van der Waals surface area contributed by atoms with Gasteiger partial charge in [-0.3, -0.25) is 4.79 Å². The van der Waals surface area contributed by atoms with E-state index in [4.69, 9.17) is 11.2 Å². The third kappa shape index (κ3) is 3.87. The van der Waals surface area contributed by atoms with Gasteiger partial charge in [0.05, 0.1) is 19.6 Å². The molecule has 31 heavy (non-hydrogen) atoms. The van der Waals surface area contributed by atoms with Crippen LogP contribution in [0.2, 0.25) is 0 Å². The number of pyridine rings is 2. The number of carbonyl (C=O) groups is 1. The van der Waals surface area contributed by atoms with Crippen molar-refractivity contribution < 1.29 is 9.53 Å². The number of aromatic nitrogens is 3. The van der Waals surface area contributed by atoms with Crippen molar-refractivity contribution in [1.29, 1.82) is 0 Å². The average Bonchev–Trinajstić information content (AvgIpc) is 3.39. The van der Waals surface area contributed by atoms with Crippen LogP contribution >= 0.6 is 0 Å². The van der Waals surface area contributed by atoms with Gasteiger partial charge in [0.25, 0.3) is 0 Å². The monoisotopic (exact) mass is 415 g/mol. The van der Waals surface area contributed by atoms with Crippen molar-refractivity contribution in [3.63, 3.8) is 0 Å². The van der Waals surface area contributed by atoms with Gasteiger partial charge in [0, 0.05) is 55.0 Å². The van der Waals surface area contributed by atoms with Gasteiger partial charge in [0.2, 0.25) is 5.91 Å². The van der Waals surface area contributed by atoms with Crippen molar-refractivity contribution in [1.82, 2.24) is 19.3 Å². The predicted molar refractivity (Wildman–Crippen MR) is 118 cm³/mol. The van der Waals surface area contributed by atoms with Crippen LogP contribution in [0.1, 0.15) is 30.5 Å². The van der Waals surface area contributed by atoms with E-state index in [1.54, 1.807) is 12.4 Å². The zero-order chi connectivity index (χ0) is 21.2. The Bertz CT molecular complexity index is 1100. The molecule has 0 saturated carbocycles. The Balaban J connectivity index is 1.14. The molecule has 2 atom stereocenters. The normalized spacial score (nSPS) is 20.2. The molecule has 0 N–H and O–H groups in total. The van der Waals surface area contributed by atoms with Gasteiger partial charge >= 0.3 is 0 Å². The van der Waals surface area contributed by atoms with Crippen molar-refractivity contribution in [2.24, 2.45) is 0 Å². The topological polar surface area (TPSA) is 63.0 Å². The lowest BCUT2D eigenvalue weighted by Gasteiger charge is -2.41. The lowest BCUT2D eigenvalue weighted by atomic mass is 10.1. The van der Waals surface area contributed by atoms with Gasteiger partial charge in [-0.1, -0.05) is 12.0 Å². The number of anilines is 1. The molecule has 3 aromatic heterocycles. The number of piperazine rings is 1. The zero-order valence-electron chi connectivity index (χ0n) is 17.4. The van der Waals surface area contributed by atoms with Crippen molar-refractivity contribution in [3.8, 4) is 12.3 Å². The second-order valence-electron chi connectivity index (χ2n) is 8.12. The fourth-order valence-electron chi connectivity index (χ4n) is 4.72. The van der Waals surface area contributed by atoms with Gasteiger partial charge < -0.3 is 18.9 Å². The minimum atomic E-state index is 0.160. The summed E-state index contributed by atoms with van der Waals surface area (Å²) in [5.41, 5.74) is 2.71. The van der Waals surface area contributed by atoms with Crippen molar-refractivity contribution >= 4 is 17.4 Å². The molecule has 158 valence electrons. The van der Waals surface area contributed by atoms with Crippen LogP contribution in [0.3, 0.4) is 0 Å².